The molecule has 0 aliphatic carbocycles. The summed E-state index contributed by atoms with van der Waals surface area (Å²) in [6, 6.07) is 8.12. The molecule has 0 unspecified atom stereocenters. The molecule has 1 atom stereocenters. The zero-order valence-corrected chi connectivity index (χ0v) is 13.7. The van der Waals surface area contributed by atoms with Gasteiger partial charge >= 0.3 is 0 Å². The van der Waals surface area contributed by atoms with E-state index in [9.17, 15) is 0 Å². The van der Waals surface area contributed by atoms with Crippen LogP contribution in [0, 0.1) is 6.92 Å². The number of benzene rings is 1. The first kappa shape index (κ1) is 15.9. The number of likely N-dealkylation sites (tertiary alicyclic amines) is 1. The van der Waals surface area contributed by atoms with Gasteiger partial charge in [-0.1, -0.05) is 12.1 Å². The highest BCUT2D eigenvalue weighted by Crippen LogP contribution is 2.27. The highest BCUT2D eigenvalue weighted by molar-refractivity contribution is 5.27. The van der Waals surface area contributed by atoms with E-state index in [4.69, 9.17) is 9.47 Å². The minimum absolute atomic E-state index is 0.258. The average molecular weight is 313 g/mol. The van der Waals surface area contributed by atoms with Crippen molar-refractivity contribution in [1.29, 1.82) is 0 Å². The van der Waals surface area contributed by atoms with Crippen LogP contribution in [0.2, 0.25) is 0 Å². The third kappa shape index (κ3) is 4.06. The fourth-order valence-corrected chi connectivity index (χ4v) is 2.97. The number of methoxy groups -OCH3 is 1. The molecule has 1 aromatic carbocycles. The summed E-state index contributed by atoms with van der Waals surface area (Å²) in [4.78, 5) is 10.8. The lowest BCUT2D eigenvalue weighted by Gasteiger charge is -2.28. The Morgan fingerprint density at radius 3 is 2.96 bits per heavy atom. The monoisotopic (exact) mass is 313 g/mol. The van der Waals surface area contributed by atoms with Crippen LogP contribution in [-0.4, -0.2) is 47.3 Å². The van der Waals surface area contributed by atoms with Gasteiger partial charge in [-0.25, -0.2) is 0 Å². The maximum absolute atomic E-state index is 5.98. The Morgan fingerprint density at radius 1 is 1.30 bits per heavy atom. The maximum atomic E-state index is 5.98. The van der Waals surface area contributed by atoms with Crippen molar-refractivity contribution < 1.29 is 9.47 Å². The Kier molecular flexibility index (Phi) is 4.88. The van der Waals surface area contributed by atoms with E-state index in [-0.39, 0.29) is 5.60 Å². The van der Waals surface area contributed by atoms with Gasteiger partial charge in [0.05, 0.1) is 5.69 Å². The molecule has 1 saturated heterocycles. The molecule has 1 aromatic heterocycles. The van der Waals surface area contributed by atoms with Gasteiger partial charge < -0.3 is 9.47 Å². The van der Waals surface area contributed by atoms with E-state index in [1.165, 1.54) is 5.56 Å². The summed E-state index contributed by atoms with van der Waals surface area (Å²) in [5.74, 6) is 0.897. The van der Waals surface area contributed by atoms with Gasteiger partial charge in [-0.3, -0.25) is 14.9 Å². The van der Waals surface area contributed by atoms with Crippen molar-refractivity contribution in [1.82, 2.24) is 14.9 Å². The molecule has 2 heterocycles. The molecular formula is C18H23N3O2. The standard InChI is InChI=1S/C18H23N3O2/c1-15-4-3-5-17(10-15)23-14-18(22-2)6-9-21(13-18)12-16-11-19-7-8-20-16/h3-5,7-8,10-11H,6,9,12-14H2,1-2H3/t18-/m1/s1. The van der Waals surface area contributed by atoms with Crippen LogP contribution < -0.4 is 4.74 Å². The minimum Gasteiger partial charge on any atom is -0.491 e. The molecule has 0 bridgehead atoms. The first-order valence-corrected chi connectivity index (χ1v) is 7.91. The first-order valence-electron chi connectivity index (χ1n) is 7.91. The SMILES string of the molecule is CO[C@]1(COc2cccc(C)c2)CCN(Cc2cnccn2)C1. The van der Waals surface area contributed by atoms with E-state index in [0.717, 1.165) is 37.5 Å². The molecule has 0 amide bonds. The summed E-state index contributed by atoms with van der Waals surface area (Å²) in [6.45, 7) is 5.23. The predicted octanol–water partition coefficient (Wildman–Crippen LogP) is 2.45. The second-order valence-corrected chi connectivity index (χ2v) is 6.15. The summed E-state index contributed by atoms with van der Waals surface area (Å²) < 4.78 is 11.8. The van der Waals surface area contributed by atoms with E-state index >= 15 is 0 Å². The van der Waals surface area contributed by atoms with Crippen molar-refractivity contribution in [2.24, 2.45) is 0 Å². The predicted molar refractivity (Wildman–Crippen MR) is 88.3 cm³/mol. The van der Waals surface area contributed by atoms with Gasteiger partial charge in [-0.05, 0) is 31.0 Å². The van der Waals surface area contributed by atoms with Gasteiger partial charge in [-0.2, -0.15) is 0 Å². The molecule has 1 fully saturated rings. The molecule has 5 nitrogen and oxygen atoms in total. The average Bonchev–Trinajstić information content (AvgIpc) is 2.98. The van der Waals surface area contributed by atoms with Crippen molar-refractivity contribution in [2.45, 2.75) is 25.5 Å². The highest BCUT2D eigenvalue weighted by Gasteiger charge is 2.39. The summed E-state index contributed by atoms with van der Waals surface area (Å²) in [6.07, 6.45) is 6.20. The van der Waals surface area contributed by atoms with Crippen molar-refractivity contribution in [3.63, 3.8) is 0 Å². The molecule has 5 heteroatoms. The van der Waals surface area contributed by atoms with Crippen LogP contribution in [0.3, 0.4) is 0 Å². The van der Waals surface area contributed by atoms with E-state index < -0.39 is 0 Å². The van der Waals surface area contributed by atoms with Gasteiger partial charge in [0.25, 0.3) is 0 Å². The number of aromatic nitrogens is 2. The van der Waals surface area contributed by atoms with Crippen LogP contribution in [0.15, 0.2) is 42.9 Å². The Morgan fingerprint density at radius 2 is 2.22 bits per heavy atom. The molecule has 3 rings (SSSR count). The molecule has 2 aromatic rings. The van der Waals surface area contributed by atoms with Gasteiger partial charge in [0.15, 0.2) is 0 Å². The largest absolute Gasteiger partial charge is 0.491 e. The number of hydrogen-bond donors (Lipinski definition) is 0. The van der Waals surface area contributed by atoms with Crippen LogP contribution >= 0.6 is 0 Å². The zero-order chi connectivity index (χ0) is 16.1. The fourth-order valence-electron chi connectivity index (χ4n) is 2.97. The van der Waals surface area contributed by atoms with Crippen LogP contribution in [0.4, 0.5) is 0 Å². The first-order chi connectivity index (χ1) is 11.2. The lowest BCUT2D eigenvalue weighted by Crippen LogP contribution is -2.41. The number of rotatable bonds is 6. The van der Waals surface area contributed by atoms with Crippen LogP contribution in [0.5, 0.6) is 5.75 Å². The molecule has 1 aliphatic rings. The molecular weight excluding hydrogens is 290 g/mol. The van der Waals surface area contributed by atoms with Crippen LogP contribution in [0.1, 0.15) is 17.7 Å². The van der Waals surface area contributed by atoms with Gasteiger partial charge in [0.1, 0.15) is 18.0 Å². The lowest BCUT2D eigenvalue weighted by atomic mass is 10.0. The van der Waals surface area contributed by atoms with Crippen molar-refractivity contribution >= 4 is 0 Å². The Balaban J connectivity index is 1.59. The summed E-state index contributed by atoms with van der Waals surface area (Å²) in [7, 11) is 1.77. The van der Waals surface area contributed by atoms with Crippen LogP contribution in [-0.2, 0) is 11.3 Å². The number of hydrogen-bond acceptors (Lipinski definition) is 5. The van der Waals surface area contributed by atoms with Gasteiger partial charge in [0, 0.05) is 45.3 Å². The molecule has 122 valence electrons. The van der Waals surface area contributed by atoms with Gasteiger partial charge in [0.2, 0.25) is 0 Å². The number of ether oxygens (including phenoxy) is 2. The quantitative estimate of drug-likeness (QED) is 0.820. The van der Waals surface area contributed by atoms with Crippen molar-refractivity contribution in [3.8, 4) is 5.75 Å². The molecule has 0 N–H and O–H groups in total. The second kappa shape index (κ2) is 7.06. The molecule has 0 saturated carbocycles. The van der Waals surface area contributed by atoms with Gasteiger partial charge in [-0.15, -0.1) is 0 Å². The lowest BCUT2D eigenvalue weighted by molar-refractivity contribution is -0.0360. The molecule has 0 spiro atoms. The normalized spacial score (nSPS) is 21.5. The number of aryl methyl sites for hydroxylation is 1. The third-order valence-corrected chi connectivity index (χ3v) is 4.32. The topological polar surface area (TPSA) is 47.5 Å². The molecule has 23 heavy (non-hydrogen) atoms. The van der Waals surface area contributed by atoms with Crippen molar-refractivity contribution in [3.05, 3.63) is 54.1 Å². The van der Waals surface area contributed by atoms with Crippen LogP contribution in [0.25, 0.3) is 0 Å². The highest BCUT2D eigenvalue weighted by atomic mass is 16.5. The number of nitrogens with zero attached hydrogens (tertiary/aromatic N) is 3. The Labute approximate surface area is 137 Å². The summed E-state index contributed by atoms with van der Waals surface area (Å²) in [5.41, 5.74) is 1.93. The summed E-state index contributed by atoms with van der Waals surface area (Å²) in [5, 5.41) is 0. The van der Waals surface area contributed by atoms with E-state index in [1.54, 1.807) is 19.5 Å². The Bertz CT molecular complexity index is 635. The third-order valence-electron chi connectivity index (χ3n) is 4.32. The maximum Gasteiger partial charge on any atom is 0.119 e. The second-order valence-electron chi connectivity index (χ2n) is 6.15. The van der Waals surface area contributed by atoms with E-state index in [0.29, 0.717) is 6.61 Å². The van der Waals surface area contributed by atoms with E-state index in [1.807, 2.05) is 18.3 Å². The fraction of sp³-hybridized carbons (Fsp3) is 0.444. The minimum atomic E-state index is -0.258. The molecule has 1 aliphatic heterocycles. The summed E-state index contributed by atoms with van der Waals surface area (Å²) >= 11 is 0. The molecule has 0 radical (unpaired) electrons. The Hall–Kier alpha value is -1.98. The van der Waals surface area contributed by atoms with Crippen molar-refractivity contribution in [2.75, 3.05) is 26.8 Å². The zero-order valence-electron chi connectivity index (χ0n) is 13.7. The van der Waals surface area contributed by atoms with E-state index in [2.05, 4.69) is 33.9 Å². The smallest absolute Gasteiger partial charge is 0.119 e.